The van der Waals surface area contributed by atoms with Gasteiger partial charge < -0.3 is 10.5 Å². The maximum Gasteiger partial charge on any atom is 0.131 e. The Morgan fingerprint density at radius 2 is 1.95 bits per heavy atom. The zero-order valence-electron chi connectivity index (χ0n) is 12.8. The van der Waals surface area contributed by atoms with Gasteiger partial charge in [-0.05, 0) is 38.0 Å². The third-order valence-corrected chi connectivity index (χ3v) is 3.70. The average Bonchev–Trinajstić information content (AvgIpc) is 2.50. The van der Waals surface area contributed by atoms with Gasteiger partial charge in [0.2, 0.25) is 0 Å². The molecule has 2 N–H and O–H groups in total. The topological polar surface area (TPSA) is 35.2 Å². The van der Waals surface area contributed by atoms with Gasteiger partial charge in [-0.2, -0.15) is 0 Å². The summed E-state index contributed by atoms with van der Waals surface area (Å²) in [5.41, 5.74) is 7.17. The molecule has 0 saturated carbocycles. The summed E-state index contributed by atoms with van der Waals surface area (Å²) in [6.45, 7) is 6.49. The second kappa shape index (κ2) is 7.84. The third kappa shape index (κ3) is 4.08. The predicted octanol–water partition coefficient (Wildman–Crippen LogP) is 4.98. The van der Waals surface area contributed by atoms with E-state index in [0.717, 1.165) is 36.1 Å². The van der Waals surface area contributed by atoms with E-state index >= 15 is 0 Å². The monoisotopic (exact) mass is 283 g/mol. The molecule has 0 spiro atoms. The van der Waals surface area contributed by atoms with Gasteiger partial charge in [0.25, 0.3) is 0 Å². The minimum absolute atomic E-state index is 0.0228. The van der Waals surface area contributed by atoms with Crippen molar-refractivity contribution >= 4 is 10.8 Å². The largest absolute Gasteiger partial charge is 0.493 e. The predicted molar refractivity (Wildman–Crippen MR) is 90.7 cm³/mol. The lowest BCUT2D eigenvalue weighted by Crippen LogP contribution is -2.09. The first kappa shape index (κ1) is 15.6. The minimum Gasteiger partial charge on any atom is -0.493 e. The normalized spacial score (nSPS) is 12.3. The molecule has 0 radical (unpaired) electrons. The summed E-state index contributed by atoms with van der Waals surface area (Å²) in [4.78, 5) is 0. The van der Waals surface area contributed by atoms with E-state index in [4.69, 9.17) is 10.5 Å². The third-order valence-electron chi connectivity index (χ3n) is 3.70. The summed E-state index contributed by atoms with van der Waals surface area (Å²) in [5, 5.41) is 2.35. The van der Waals surface area contributed by atoms with E-state index < -0.39 is 0 Å². The Morgan fingerprint density at radius 1 is 1.14 bits per heavy atom. The Balaban J connectivity index is 2.12. The summed E-state index contributed by atoms with van der Waals surface area (Å²) in [6.07, 6.45) is 6.47. The molecule has 0 bridgehead atoms. The van der Waals surface area contributed by atoms with Crippen LogP contribution in [0.4, 0.5) is 0 Å². The van der Waals surface area contributed by atoms with Crippen molar-refractivity contribution in [3.8, 4) is 5.75 Å². The molecule has 2 rings (SSSR count). The van der Waals surface area contributed by atoms with Crippen LogP contribution in [0, 0.1) is 0 Å². The molecule has 112 valence electrons. The van der Waals surface area contributed by atoms with Gasteiger partial charge in [0.1, 0.15) is 5.75 Å². The highest BCUT2D eigenvalue weighted by Gasteiger charge is 2.11. The van der Waals surface area contributed by atoms with Crippen molar-refractivity contribution in [2.45, 2.75) is 38.6 Å². The molecule has 21 heavy (non-hydrogen) atoms. The molecule has 0 aliphatic rings. The fourth-order valence-electron chi connectivity index (χ4n) is 2.52. The fourth-order valence-corrected chi connectivity index (χ4v) is 2.52. The molecule has 2 aromatic carbocycles. The van der Waals surface area contributed by atoms with Gasteiger partial charge in [0.15, 0.2) is 0 Å². The zero-order chi connectivity index (χ0) is 15.1. The van der Waals surface area contributed by atoms with E-state index in [0.29, 0.717) is 0 Å². The lowest BCUT2D eigenvalue weighted by molar-refractivity contribution is 0.305. The van der Waals surface area contributed by atoms with Gasteiger partial charge >= 0.3 is 0 Å². The number of benzene rings is 2. The summed E-state index contributed by atoms with van der Waals surface area (Å²) in [5.74, 6) is 0.951. The Labute approximate surface area is 127 Å². The first-order valence-electron chi connectivity index (χ1n) is 7.75. The number of hydrogen-bond acceptors (Lipinski definition) is 2. The van der Waals surface area contributed by atoms with Crippen molar-refractivity contribution < 1.29 is 4.74 Å². The molecule has 2 aromatic rings. The molecule has 0 aliphatic heterocycles. The van der Waals surface area contributed by atoms with Crippen molar-refractivity contribution in [2.24, 2.45) is 5.73 Å². The SMILES string of the molecule is C=CCCCCCOc1c([C@@H](C)N)ccc2ccccc12. The van der Waals surface area contributed by atoms with Gasteiger partial charge in [0, 0.05) is 17.0 Å². The van der Waals surface area contributed by atoms with Crippen molar-refractivity contribution in [2.75, 3.05) is 6.61 Å². The van der Waals surface area contributed by atoms with E-state index in [9.17, 15) is 0 Å². The van der Waals surface area contributed by atoms with Crippen molar-refractivity contribution in [1.29, 1.82) is 0 Å². The number of hydrogen-bond donors (Lipinski definition) is 1. The first-order chi connectivity index (χ1) is 10.2. The minimum atomic E-state index is -0.0228. The fraction of sp³-hybridized carbons (Fsp3) is 0.368. The van der Waals surface area contributed by atoms with Crippen molar-refractivity contribution in [3.05, 3.63) is 54.6 Å². The standard InChI is InChI=1S/C19H25NO/c1-3-4-5-6-9-14-21-19-17(15(2)20)13-12-16-10-7-8-11-18(16)19/h3,7-8,10-13,15H,1,4-6,9,14,20H2,2H3/t15-/m1/s1. The second-order valence-corrected chi connectivity index (χ2v) is 5.48. The average molecular weight is 283 g/mol. The molecular formula is C19H25NO. The highest BCUT2D eigenvalue weighted by molar-refractivity contribution is 5.89. The van der Waals surface area contributed by atoms with Crippen molar-refractivity contribution in [1.82, 2.24) is 0 Å². The second-order valence-electron chi connectivity index (χ2n) is 5.48. The summed E-state index contributed by atoms with van der Waals surface area (Å²) < 4.78 is 6.09. The lowest BCUT2D eigenvalue weighted by atomic mass is 10.0. The maximum absolute atomic E-state index is 6.09. The summed E-state index contributed by atoms with van der Waals surface area (Å²) in [6, 6.07) is 12.5. The Morgan fingerprint density at radius 3 is 2.71 bits per heavy atom. The number of unbranched alkanes of at least 4 members (excludes halogenated alkanes) is 3. The van der Waals surface area contributed by atoms with E-state index in [-0.39, 0.29) is 6.04 Å². The highest BCUT2D eigenvalue weighted by Crippen LogP contribution is 2.33. The molecule has 0 heterocycles. The lowest BCUT2D eigenvalue weighted by Gasteiger charge is -2.16. The van der Waals surface area contributed by atoms with Crippen LogP contribution in [0.1, 0.15) is 44.2 Å². The molecule has 0 fully saturated rings. The van der Waals surface area contributed by atoms with Crippen LogP contribution in [-0.4, -0.2) is 6.61 Å². The zero-order valence-corrected chi connectivity index (χ0v) is 12.8. The first-order valence-corrected chi connectivity index (χ1v) is 7.75. The van der Waals surface area contributed by atoms with Gasteiger partial charge in [-0.15, -0.1) is 6.58 Å². The van der Waals surface area contributed by atoms with Crippen molar-refractivity contribution in [3.63, 3.8) is 0 Å². The van der Waals surface area contributed by atoms with Crippen LogP contribution in [0.5, 0.6) is 5.75 Å². The Kier molecular flexibility index (Phi) is 5.82. The summed E-state index contributed by atoms with van der Waals surface area (Å²) in [7, 11) is 0. The van der Waals surface area contributed by atoms with Crippen LogP contribution in [-0.2, 0) is 0 Å². The van der Waals surface area contributed by atoms with Gasteiger partial charge in [-0.3, -0.25) is 0 Å². The van der Waals surface area contributed by atoms with Crippen LogP contribution < -0.4 is 10.5 Å². The molecule has 0 aliphatic carbocycles. The van der Waals surface area contributed by atoms with E-state index in [1.54, 1.807) is 0 Å². The van der Waals surface area contributed by atoms with Crippen LogP contribution in [0.25, 0.3) is 10.8 Å². The van der Waals surface area contributed by atoms with E-state index in [1.165, 1.54) is 18.2 Å². The number of ether oxygens (including phenoxy) is 1. The smallest absolute Gasteiger partial charge is 0.131 e. The quantitative estimate of drug-likeness (QED) is 0.547. The van der Waals surface area contributed by atoms with Gasteiger partial charge in [-0.25, -0.2) is 0 Å². The number of nitrogens with two attached hydrogens (primary N) is 1. The number of fused-ring (bicyclic) bond motifs is 1. The van der Waals surface area contributed by atoms with Crippen LogP contribution >= 0.6 is 0 Å². The highest BCUT2D eigenvalue weighted by atomic mass is 16.5. The molecule has 1 atom stereocenters. The molecule has 0 unspecified atom stereocenters. The van der Waals surface area contributed by atoms with Gasteiger partial charge in [0.05, 0.1) is 6.61 Å². The Hall–Kier alpha value is -1.80. The molecule has 0 saturated heterocycles. The maximum atomic E-state index is 6.09. The summed E-state index contributed by atoms with van der Waals surface area (Å²) >= 11 is 0. The molecule has 2 nitrogen and oxygen atoms in total. The van der Waals surface area contributed by atoms with E-state index in [1.807, 2.05) is 25.1 Å². The molecule has 0 amide bonds. The molecular weight excluding hydrogens is 258 g/mol. The molecule has 2 heteroatoms. The van der Waals surface area contributed by atoms with Gasteiger partial charge in [-0.1, -0.05) is 42.5 Å². The van der Waals surface area contributed by atoms with Crippen LogP contribution in [0.3, 0.4) is 0 Å². The van der Waals surface area contributed by atoms with E-state index in [2.05, 4.69) is 30.8 Å². The van der Waals surface area contributed by atoms with Crippen LogP contribution in [0.15, 0.2) is 49.1 Å². The molecule has 0 aromatic heterocycles. The van der Waals surface area contributed by atoms with Crippen LogP contribution in [0.2, 0.25) is 0 Å². The number of rotatable bonds is 8. The Bertz CT molecular complexity index is 589. The number of allylic oxidation sites excluding steroid dienone is 1.